The van der Waals surface area contributed by atoms with Gasteiger partial charge in [0.1, 0.15) is 9.94 Å². The van der Waals surface area contributed by atoms with Gasteiger partial charge in [-0.3, -0.25) is 5.32 Å². The molecule has 0 bridgehead atoms. The van der Waals surface area contributed by atoms with Crippen molar-refractivity contribution in [1.82, 2.24) is 4.98 Å². The van der Waals surface area contributed by atoms with Gasteiger partial charge in [-0.25, -0.2) is 9.78 Å². The topological polar surface area (TPSA) is 51.2 Å². The Labute approximate surface area is 97.6 Å². The number of hydrogen-bond acceptors (Lipinski definition) is 4. The number of nitrogens with zero attached hydrogens (tertiary/aromatic N) is 1. The Balaban J connectivity index is 2.59. The number of hydrogen-bond donors (Lipinski definition) is 1. The smallest absolute Gasteiger partial charge is 0.413 e. The minimum Gasteiger partial charge on any atom is -0.444 e. The first-order chi connectivity index (χ1) is 6.78. The molecule has 4 nitrogen and oxygen atoms in total. The normalized spacial score (nSPS) is 11.3. The number of aromatic nitrogens is 1. The molecule has 0 aliphatic heterocycles. The van der Waals surface area contributed by atoms with Crippen molar-refractivity contribution in [1.29, 1.82) is 0 Å². The van der Waals surface area contributed by atoms with Crippen LogP contribution < -0.4 is 5.32 Å². The number of carbonyl (C=O) groups excluding carboxylic acids is 1. The van der Waals surface area contributed by atoms with Crippen molar-refractivity contribution in [2.24, 2.45) is 0 Å². The zero-order valence-electron chi connectivity index (χ0n) is 9.05. The minimum atomic E-state index is -0.520. The molecular formula is C9H13ClN2O2S. The van der Waals surface area contributed by atoms with Crippen molar-refractivity contribution < 1.29 is 9.53 Å². The summed E-state index contributed by atoms with van der Waals surface area (Å²) in [6, 6.07) is 0. The van der Waals surface area contributed by atoms with Crippen LogP contribution in [-0.4, -0.2) is 16.7 Å². The number of carbonyl (C=O) groups is 1. The molecule has 6 heteroatoms. The van der Waals surface area contributed by atoms with E-state index in [1.165, 1.54) is 11.3 Å². The van der Waals surface area contributed by atoms with Gasteiger partial charge in [-0.1, -0.05) is 22.9 Å². The van der Waals surface area contributed by atoms with Crippen molar-refractivity contribution in [2.45, 2.75) is 33.3 Å². The van der Waals surface area contributed by atoms with Crippen molar-refractivity contribution in [2.75, 3.05) is 5.32 Å². The third kappa shape index (κ3) is 4.05. The zero-order valence-corrected chi connectivity index (χ0v) is 10.6. The SMILES string of the molecule is Cc1nc(NC(=O)OC(C)(C)C)sc1Cl. The number of amides is 1. The molecule has 0 unspecified atom stereocenters. The van der Waals surface area contributed by atoms with Crippen LogP contribution in [0.3, 0.4) is 0 Å². The fourth-order valence-electron chi connectivity index (χ4n) is 0.822. The standard InChI is InChI=1S/C9H13ClN2O2S/c1-5-6(10)15-7(11-5)12-8(13)14-9(2,3)4/h1-4H3,(H,11,12,13). The van der Waals surface area contributed by atoms with Crippen LogP contribution in [-0.2, 0) is 4.74 Å². The minimum absolute atomic E-state index is 0.451. The molecule has 0 saturated heterocycles. The maximum atomic E-state index is 11.3. The summed E-state index contributed by atoms with van der Waals surface area (Å²) in [5, 5.41) is 2.97. The molecule has 1 amide bonds. The average molecular weight is 249 g/mol. The summed E-state index contributed by atoms with van der Waals surface area (Å²) < 4.78 is 5.63. The van der Waals surface area contributed by atoms with E-state index in [4.69, 9.17) is 16.3 Å². The Morgan fingerprint density at radius 2 is 2.13 bits per heavy atom. The molecule has 0 saturated carbocycles. The van der Waals surface area contributed by atoms with Crippen LogP contribution in [0.5, 0.6) is 0 Å². The van der Waals surface area contributed by atoms with Crippen LogP contribution in [0.25, 0.3) is 0 Å². The van der Waals surface area contributed by atoms with Gasteiger partial charge in [0.15, 0.2) is 5.13 Å². The molecule has 0 radical (unpaired) electrons. The molecule has 1 aromatic rings. The fraction of sp³-hybridized carbons (Fsp3) is 0.556. The number of nitrogens with one attached hydrogen (secondary N) is 1. The maximum Gasteiger partial charge on any atom is 0.413 e. The van der Waals surface area contributed by atoms with Gasteiger partial charge >= 0.3 is 6.09 Å². The lowest BCUT2D eigenvalue weighted by molar-refractivity contribution is 0.0636. The Bertz CT molecular complexity index is 351. The summed E-state index contributed by atoms with van der Waals surface area (Å²) >= 11 is 7.02. The second kappa shape index (κ2) is 4.37. The number of anilines is 1. The van der Waals surface area contributed by atoms with E-state index < -0.39 is 11.7 Å². The van der Waals surface area contributed by atoms with Crippen LogP contribution in [0, 0.1) is 6.92 Å². The molecule has 15 heavy (non-hydrogen) atoms. The van der Waals surface area contributed by atoms with Gasteiger partial charge in [0.2, 0.25) is 0 Å². The highest BCUT2D eigenvalue weighted by Crippen LogP contribution is 2.27. The van der Waals surface area contributed by atoms with Gasteiger partial charge in [-0.2, -0.15) is 0 Å². The first-order valence-electron chi connectivity index (χ1n) is 4.41. The van der Waals surface area contributed by atoms with Crippen molar-refractivity contribution in [3.8, 4) is 0 Å². The summed E-state index contributed by atoms with van der Waals surface area (Å²) in [6.07, 6.45) is -0.520. The molecule has 0 aliphatic carbocycles. The van der Waals surface area contributed by atoms with Crippen LogP contribution in [0.2, 0.25) is 4.34 Å². The predicted octanol–water partition coefficient (Wildman–Crippen LogP) is 3.45. The number of aryl methyl sites for hydroxylation is 1. The molecule has 0 aromatic carbocycles. The number of rotatable bonds is 1. The quantitative estimate of drug-likeness (QED) is 0.828. The van der Waals surface area contributed by atoms with E-state index in [1.54, 1.807) is 27.7 Å². The lowest BCUT2D eigenvalue weighted by Gasteiger charge is -2.18. The van der Waals surface area contributed by atoms with Gasteiger partial charge in [-0.05, 0) is 27.7 Å². The summed E-state index contributed by atoms with van der Waals surface area (Å²) in [5.41, 5.74) is 0.188. The van der Waals surface area contributed by atoms with Crippen molar-refractivity contribution in [3.05, 3.63) is 10.0 Å². The van der Waals surface area contributed by atoms with Crippen LogP contribution >= 0.6 is 22.9 Å². The van der Waals surface area contributed by atoms with Gasteiger partial charge in [0.05, 0.1) is 5.69 Å². The van der Waals surface area contributed by atoms with E-state index in [1.807, 2.05) is 0 Å². The zero-order chi connectivity index (χ0) is 11.6. The van der Waals surface area contributed by atoms with Crippen LogP contribution in [0.1, 0.15) is 26.5 Å². The predicted molar refractivity (Wildman–Crippen MR) is 61.7 cm³/mol. The Morgan fingerprint density at radius 3 is 2.53 bits per heavy atom. The largest absolute Gasteiger partial charge is 0.444 e. The third-order valence-electron chi connectivity index (χ3n) is 1.35. The number of halogens is 1. The first-order valence-corrected chi connectivity index (χ1v) is 5.60. The van der Waals surface area contributed by atoms with Crippen molar-refractivity contribution >= 4 is 34.2 Å². The number of ether oxygens (including phenoxy) is 1. The van der Waals surface area contributed by atoms with E-state index >= 15 is 0 Å². The fourth-order valence-corrected chi connectivity index (χ4v) is 1.76. The highest BCUT2D eigenvalue weighted by molar-refractivity contribution is 7.19. The van der Waals surface area contributed by atoms with Gasteiger partial charge in [0.25, 0.3) is 0 Å². The number of thiazole rings is 1. The van der Waals surface area contributed by atoms with E-state index in [-0.39, 0.29) is 0 Å². The Kier molecular flexibility index (Phi) is 3.57. The Hall–Kier alpha value is -0.810. The third-order valence-corrected chi connectivity index (χ3v) is 2.71. The van der Waals surface area contributed by atoms with Gasteiger partial charge < -0.3 is 4.74 Å². The van der Waals surface area contributed by atoms with E-state index in [0.29, 0.717) is 15.2 Å². The lowest BCUT2D eigenvalue weighted by atomic mass is 10.2. The second-order valence-electron chi connectivity index (χ2n) is 4.01. The molecular weight excluding hydrogens is 236 g/mol. The van der Waals surface area contributed by atoms with Crippen LogP contribution in [0.4, 0.5) is 9.93 Å². The highest BCUT2D eigenvalue weighted by atomic mass is 35.5. The van der Waals surface area contributed by atoms with Gasteiger partial charge in [-0.15, -0.1) is 0 Å². The van der Waals surface area contributed by atoms with Crippen molar-refractivity contribution in [3.63, 3.8) is 0 Å². The second-order valence-corrected chi connectivity index (χ2v) is 5.61. The van der Waals surface area contributed by atoms with E-state index in [2.05, 4.69) is 10.3 Å². The molecule has 1 N–H and O–H groups in total. The summed E-state index contributed by atoms with van der Waals surface area (Å²) in [4.78, 5) is 15.4. The molecule has 84 valence electrons. The maximum absolute atomic E-state index is 11.3. The molecule has 1 heterocycles. The summed E-state index contributed by atoms with van der Waals surface area (Å²) in [5.74, 6) is 0. The van der Waals surface area contributed by atoms with E-state index in [0.717, 1.165) is 0 Å². The highest BCUT2D eigenvalue weighted by Gasteiger charge is 2.17. The molecule has 0 fully saturated rings. The molecule has 0 atom stereocenters. The molecule has 0 spiro atoms. The van der Waals surface area contributed by atoms with Crippen LogP contribution in [0.15, 0.2) is 0 Å². The molecule has 0 aliphatic rings. The average Bonchev–Trinajstić information content (AvgIpc) is 2.26. The molecule has 1 rings (SSSR count). The summed E-state index contributed by atoms with van der Waals surface area (Å²) in [6.45, 7) is 7.17. The van der Waals surface area contributed by atoms with E-state index in [9.17, 15) is 4.79 Å². The monoisotopic (exact) mass is 248 g/mol. The Morgan fingerprint density at radius 1 is 1.53 bits per heavy atom. The molecule has 1 aromatic heterocycles. The van der Waals surface area contributed by atoms with Gasteiger partial charge in [0, 0.05) is 0 Å². The summed E-state index contributed by atoms with van der Waals surface area (Å²) in [7, 11) is 0. The lowest BCUT2D eigenvalue weighted by Crippen LogP contribution is -2.27. The first kappa shape index (κ1) is 12.3.